The topological polar surface area (TPSA) is 79.8 Å². The van der Waals surface area contributed by atoms with E-state index < -0.39 is 0 Å². The molecule has 6 heterocycles. The van der Waals surface area contributed by atoms with Crippen molar-refractivity contribution in [3.05, 3.63) is 0 Å². The predicted molar refractivity (Wildman–Crippen MR) is 176 cm³/mol. The van der Waals surface area contributed by atoms with Gasteiger partial charge < -0.3 is 14.9 Å². The Hall–Kier alpha value is -0.770. The fourth-order valence-corrected chi connectivity index (χ4v) is 12.3. The lowest BCUT2D eigenvalue weighted by atomic mass is 9.55. The van der Waals surface area contributed by atoms with E-state index in [2.05, 4.69) is 67.7 Å². The van der Waals surface area contributed by atoms with Crippen molar-refractivity contribution in [1.82, 2.24) is 5.43 Å². The monoisotopic (exact) mass is 642 g/mol. The zero-order valence-electron chi connectivity index (χ0n) is 30.1. The Balaban J connectivity index is 1.13. The molecule has 6 aliphatic heterocycles. The normalized spacial score (nSPS) is 56.4. The summed E-state index contributed by atoms with van der Waals surface area (Å²) in [5, 5.41) is 5.26. The molecule has 0 aromatic heterocycles. The molecule has 2 spiro atoms. The van der Waals surface area contributed by atoms with Crippen LogP contribution in [-0.4, -0.2) is 58.1 Å². The molecule has 260 valence electrons. The van der Waals surface area contributed by atoms with E-state index in [1.54, 1.807) is 0 Å². The van der Waals surface area contributed by atoms with Crippen LogP contribution >= 0.6 is 0 Å². The van der Waals surface area contributed by atoms with Crippen LogP contribution in [0.2, 0.25) is 0 Å². The van der Waals surface area contributed by atoms with Crippen molar-refractivity contribution in [3.63, 3.8) is 0 Å². The maximum atomic E-state index is 7.37. The maximum Gasteiger partial charge on any atom is 0.136 e. The Morgan fingerprint density at radius 1 is 0.674 bits per heavy atom. The van der Waals surface area contributed by atoms with E-state index >= 15 is 0 Å². The van der Waals surface area contributed by atoms with E-state index in [0.29, 0.717) is 41.4 Å². The molecule has 46 heavy (non-hydrogen) atoms. The average molecular weight is 643 g/mol. The van der Waals surface area contributed by atoms with Crippen LogP contribution in [0.4, 0.5) is 0 Å². The molecule has 0 aromatic carbocycles. The third-order valence-electron chi connectivity index (χ3n) is 14.8. The molecule has 16 atom stereocenters. The number of fused-ring (bicyclic) bond motifs is 4. The number of hydrogen-bond acceptors (Lipinski definition) is 8. The molecule has 8 nitrogen and oxygen atoms in total. The second-order valence-corrected chi connectivity index (χ2v) is 19.1. The number of hydrazone groups is 1. The molecule has 0 radical (unpaired) electrons. The van der Waals surface area contributed by atoms with Crippen LogP contribution in [0.5, 0.6) is 0 Å². The van der Waals surface area contributed by atoms with E-state index in [4.69, 9.17) is 34.1 Å². The zero-order valence-corrected chi connectivity index (χ0v) is 30.1. The van der Waals surface area contributed by atoms with Crippen molar-refractivity contribution in [2.75, 3.05) is 0 Å². The van der Waals surface area contributed by atoms with Crippen molar-refractivity contribution in [2.45, 2.75) is 185 Å². The van der Waals surface area contributed by atoms with Gasteiger partial charge in [-0.2, -0.15) is 5.10 Å². The zero-order chi connectivity index (χ0) is 32.4. The van der Waals surface area contributed by atoms with Gasteiger partial charge >= 0.3 is 0 Å². The highest BCUT2D eigenvalue weighted by Crippen LogP contribution is 2.63. The van der Waals surface area contributed by atoms with E-state index in [9.17, 15) is 0 Å². The van der Waals surface area contributed by atoms with Crippen molar-refractivity contribution >= 4 is 5.71 Å². The minimum atomic E-state index is -0.368. The molecule has 4 saturated carbocycles. The summed E-state index contributed by atoms with van der Waals surface area (Å²) in [5.41, 5.74) is 3.19. The summed E-state index contributed by atoms with van der Waals surface area (Å²) < 4.78 is 14.7. The highest BCUT2D eigenvalue weighted by atomic mass is 17.2. The molecule has 10 rings (SSSR count). The number of nitrogens with zero attached hydrogens (tertiary/aromatic N) is 1. The predicted octanol–water partition coefficient (Wildman–Crippen LogP) is 7.54. The van der Waals surface area contributed by atoms with E-state index in [-0.39, 0.29) is 58.3 Å². The summed E-state index contributed by atoms with van der Waals surface area (Å²) >= 11 is 0. The summed E-state index contributed by atoms with van der Waals surface area (Å²) in [6.45, 7) is 20.7. The van der Waals surface area contributed by atoms with Gasteiger partial charge in [-0.05, 0) is 133 Å². The molecule has 8 heteroatoms. The van der Waals surface area contributed by atoms with Crippen LogP contribution in [-0.2, 0) is 29.0 Å². The van der Waals surface area contributed by atoms with Gasteiger partial charge in [-0.15, -0.1) is 0 Å². The van der Waals surface area contributed by atoms with Crippen molar-refractivity contribution in [3.8, 4) is 0 Å². The summed E-state index contributed by atoms with van der Waals surface area (Å²) in [4.78, 5) is 25.8. The first-order valence-electron chi connectivity index (χ1n) is 19.1. The number of rotatable bonds is 4. The largest absolute Gasteiger partial charge is 0.371 e. The molecule has 10 aliphatic rings. The smallest absolute Gasteiger partial charge is 0.136 e. The lowest BCUT2D eigenvalue weighted by Crippen LogP contribution is -2.71. The van der Waals surface area contributed by atoms with Gasteiger partial charge in [0, 0.05) is 24.8 Å². The van der Waals surface area contributed by atoms with Crippen LogP contribution in [0.3, 0.4) is 0 Å². The van der Waals surface area contributed by atoms with Gasteiger partial charge in [0.1, 0.15) is 28.5 Å². The Labute approximate surface area is 277 Å². The quantitative estimate of drug-likeness (QED) is 0.193. The molecule has 4 bridgehead atoms. The van der Waals surface area contributed by atoms with Crippen LogP contribution in [0.25, 0.3) is 0 Å². The fourth-order valence-electron chi connectivity index (χ4n) is 12.3. The van der Waals surface area contributed by atoms with E-state index in [1.807, 2.05) is 0 Å². The van der Waals surface area contributed by atoms with Crippen LogP contribution in [0, 0.1) is 47.3 Å². The fraction of sp³-hybridized carbons (Fsp3) is 0.974. The highest BCUT2D eigenvalue weighted by molar-refractivity contribution is 5.89. The maximum absolute atomic E-state index is 7.37. The van der Waals surface area contributed by atoms with Gasteiger partial charge in [-0.3, -0.25) is 0 Å². The third-order valence-corrected chi connectivity index (χ3v) is 14.8. The third kappa shape index (κ3) is 4.76. The minimum Gasteiger partial charge on any atom is -0.371 e. The van der Waals surface area contributed by atoms with Crippen molar-refractivity contribution in [1.29, 1.82) is 0 Å². The summed E-state index contributed by atoms with van der Waals surface area (Å²) in [5.74, 6) is 3.54. The summed E-state index contributed by atoms with van der Waals surface area (Å²) in [6, 6.07) is 0. The van der Waals surface area contributed by atoms with Crippen molar-refractivity contribution < 1.29 is 29.0 Å². The van der Waals surface area contributed by atoms with E-state index in [0.717, 1.165) is 57.1 Å². The second-order valence-electron chi connectivity index (χ2n) is 19.1. The Bertz CT molecular complexity index is 1220. The molecular formula is C38H62N2O6. The van der Waals surface area contributed by atoms with Gasteiger partial charge in [0.2, 0.25) is 0 Å². The lowest BCUT2D eigenvalue weighted by Gasteiger charge is -2.62. The number of hydrogen-bond donors (Lipinski definition) is 1. The Morgan fingerprint density at radius 3 is 1.74 bits per heavy atom. The second kappa shape index (κ2) is 10.9. The van der Waals surface area contributed by atoms with Gasteiger partial charge in [0.25, 0.3) is 0 Å². The molecule has 0 aromatic rings. The molecular weight excluding hydrogens is 580 g/mol. The first-order chi connectivity index (χ1) is 21.7. The molecule has 0 amide bonds. The minimum absolute atomic E-state index is 0.00387. The molecule has 4 aliphatic carbocycles. The van der Waals surface area contributed by atoms with Gasteiger partial charge in [0.05, 0.1) is 24.0 Å². The standard InChI is InChI=1S/C38H62N2O6/c1-21-10-12-27-23(3)30(41-31-19-35(8)16-14-25(21)37(27,31)45-43-35)18-29(39-40-34(5,6)7)33-24(4)28-13-11-22(2)26-15-17-36(9)20-32(42-33)38(26,28)46-44-36/h21-28,30-33,40H,10-20H2,1-9H3/b39-29-/t21-,22-,23-,24-,25+,26+,27+,28+,30-,31-,32-,33+,35+,36+,37-,38-/m1/s1. The Kier molecular flexibility index (Phi) is 7.66. The Morgan fingerprint density at radius 2 is 1.20 bits per heavy atom. The van der Waals surface area contributed by atoms with E-state index in [1.165, 1.54) is 19.3 Å². The van der Waals surface area contributed by atoms with Crippen LogP contribution < -0.4 is 5.43 Å². The average Bonchev–Trinajstić information content (AvgIpc) is 3.37. The molecule has 10 fully saturated rings. The van der Waals surface area contributed by atoms with Gasteiger partial charge in [0.15, 0.2) is 0 Å². The molecule has 0 unspecified atom stereocenters. The number of ether oxygens (including phenoxy) is 2. The summed E-state index contributed by atoms with van der Waals surface area (Å²) in [6.07, 6.45) is 11.8. The van der Waals surface area contributed by atoms with Crippen molar-refractivity contribution in [2.24, 2.45) is 52.4 Å². The first kappa shape index (κ1) is 32.4. The molecule has 1 N–H and O–H groups in total. The number of nitrogens with one attached hydrogen (secondary N) is 1. The SMILES string of the molecule is C[C@H]1[C@@H](/C(C[C@H]2O[C@@H]3C[C@]4(C)CC[C@H]5[C@H](C)CC[C@@H]([C@H]2C)[C@@]35OO4)=N\NC(C)(C)C)O[C@@H]2C[C@]3(C)CC[C@H]4[C@H](C)CC[C@@H]1[C@@]24OO3. The summed E-state index contributed by atoms with van der Waals surface area (Å²) in [7, 11) is 0. The highest BCUT2D eigenvalue weighted by Gasteiger charge is 2.70. The van der Waals surface area contributed by atoms with Gasteiger partial charge in [-0.1, -0.05) is 27.7 Å². The van der Waals surface area contributed by atoms with Gasteiger partial charge in [-0.25, -0.2) is 19.6 Å². The lowest BCUT2D eigenvalue weighted by molar-refractivity contribution is -0.487. The van der Waals surface area contributed by atoms with Crippen LogP contribution in [0.1, 0.15) is 133 Å². The van der Waals surface area contributed by atoms with Crippen LogP contribution in [0.15, 0.2) is 5.10 Å². The molecule has 6 saturated heterocycles. The first-order valence-corrected chi connectivity index (χ1v) is 19.1.